The van der Waals surface area contributed by atoms with Gasteiger partial charge in [0.05, 0.1) is 7.11 Å². The Morgan fingerprint density at radius 2 is 1.82 bits per heavy atom. The van der Waals surface area contributed by atoms with Crippen molar-refractivity contribution in [2.24, 2.45) is 5.73 Å². The molecule has 0 fully saturated rings. The third-order valence-electron chi connectivity index (χ3n) is 3.78. The van der Waals surface area contributed by atoms with Crippen LogP contribution in [0.15, 0.2) is 54.6 Å². The molecule has 22 heavy (non-hydrogen) atoms. The third kappa shape index (κ3) is 4.19. The van der Waals surface area contributed by atoms with Gasteiger partial charge in [0.25, 0.3) is 0 Å². The van der Waals surface area contributed by atoms with Crippen molar-refractivity contribution in [3.63, 3.8) is 0 Å². The standard InChI is InChI=1S/C17H21NO3.ClH/c1-20-16(19)15(18)12-17(21-2)10-8-14(9-11-17)13-6-4-3-5-7-13;/h3-11,14-15H,12,18H2,1-2H3;1H/t14?,15-,17?;/m0./s1. The van der Waals surface area contributed by atoms with Crippen LogP contribution in [-0.2, 0) is 14.3 Å². The van der Waals surface area contributed by atoms with Crippen molar-refractivity contribution in [1.82, 2.24) is 0 Å². The molecule has 0 unspecified atom stereocenters. The zero-order valence-electron chi connectivity index (χ0n) is 12.8. The van der Waals surface area contributed by atoms with Crippen LogP contribution in [0.5, 0.6) is 0 Å². The normalized spacial score (nSPS) is 24.4. The number of methoxy groups -OCH3 is 2. The molecule has 0 amide bonds. The number of esters is 1. The number of benzene rings is 1. The van der Waals surface area contributed by atoms with E-state index in [1.165, 1.54) is 12.7 Å². The Hall–Kier alpha value is -1.62. The molecule has 120 valence electrons. The Morgan fingerprint density at radius 3 is 2.32 bits per heavy atom. The summed E-state index contributed by atoms with van der Waals surface area (Å²) in [5.74, 6) is -0.220. The van der Waals surface area contributed by atoms with Gasteiger partial charge in [-0.1, -0.05) is 54.6 Å². The van der Waals surface area contributed by atoms with Crippen molar-refractivity contribution < 1.29 is 14.3 Å². The molecule has 1 aliphatic carbocycles. The lowest BCUT2D eigenvalue weighted by Crippen LogP contribution is -2.41. The molecular weight excluding hydrogens is 302 g/mol. The van der Waals surface area contributed by atoms with Gasteiger partial charge in [-0.25, -0.2) is 0 Å². The van der Waals surface area contributed by atoms with Gasteiger partial charge in [-0.3, -0.25) is 4.79 Å². The minimum atomic E-state index is -0.711. The molecule has 0 bridgehead atoms. The number of carbonyl (C=O) groups excluding carboxylic acids is 1. The van der Waals surface area contributed by atoms with E-state index in [-0.39, 0.29) is 18.3 Å². The quantitative estimate of drug-likeness (QED) is 0.668. The van der Waals surface area contributed by atoms with Crippen LogP contribution >= 0.6 is 12.4 Å². The summed E-state index contributed by atoms with van der Waals surface area (Å²) in [5.41, 5.74) is 6.40. The van der Waals surface area contributed by atoms with Crippen molar-refractivity contribution in [3.8, 4) is 0 Å². The maximum atomic E-state index is 11.5. The maximum Gasteiger partial charge on any atom is 0.322 e. The maximum absolute atomic E-state index is 11.5. The lowest BCUT2D eigenvalue weighted by molar-refractivity contribution is -0.143. The van der Waals surface area contributed by atoms with Crippen LogP contribution in [0.2, 0.25) is 0 Å². The number of ether oxygens (including phenoxy) is 2. The summed E-state index contributed by atoms with van der Waals surface area (Å²) < 4.78 is 10.2. The first-order chi connectivity index (χ1) is 10.1. The molecule has 1 aromatic carbocycles. The van der Waals surface area contributed by atoms with E-state index in [0.29, 0.717) is 6.42 Å². The highest BCUT2D eigenvalue weighted by Crippen LogP contribution is 2.31. The van der Waals surface area contributed by atoms with Crippen molar-refractivity contribution in [1.29, 1.82) is 0 Å². The van der Waals surface area contributed by atoms with Crippen molar-refractivity contribution in [3.05, 3.63) is 60.2 Å². The fraction of sp³-hybridized carbons (Fsp3) is 0.353. The number of rotatable bonds is 5. The number of hydrogen-bond donors (Lipinski definition) is 1. The minimum Gasteiger partial charge on any atom is -0.468 e. The molecule has 4 nitrogen and oxygen atoms in total. The Bertz CT molecular complexity index is 528. The second-order valence-corrected chi connectivity index (χ2v) is 5.15. The molecule has 0 aromatic heterocycles. The van der Waals surface area contributed by atoms with Crippen LogP contribution in [0, 0.1) is 0 Å². The van der Waals surface area contributed by atoms with Gasteiger partial charge < -0.3 is 15.2 Å². The predicted molar refractivity (Wildman–Crippen MR) is 89.1 cm³/mol. The van der Waals surface area contributed by atoms with Gasteiger partial charge in [0, 0.05) is 19.4 Å². The molecule has 2 rings (SSSR count). The predicted octanol–water partition coefficient (Wildman–Crippen LogP) is 2.59. The van der Waals surface area contributed by atoms with Gasteiger partial charge >= 0.3 is 5.97 Å². The number of allylic oxidation sites excluding steroid dienone is 2. The number of halogens is 1. The summed E-state index contributed by atoms with van der Waals surface area (Å²) in [6.07, 6.45) is 8.43. The van der Waals surface area contributed by atoms with E-state index >= 15 is 0 Å². The summed E-state index contributed by atoms with van der Waals surface area (Å²) >= 11 is 0. The first-order valence-electron chi connectivity index (χ1n) is 6.92. The van der Waals surface area contributed by atoms with E-state index < -0.39 is 17.6 Å². The summed E-state index contributed by atoms with van der Waals surface area (Å²) in [6, 6.07) is 9.48. The smallest absolute Gasteiger partial charge is 0.322 e. The Morgan fingerprint density at radius 1 is 1.23 bits per heavy atom. The second-order valence-electron chi connectivity index (χ2n) is 5.15. The number of hydrogen-bond acceptors (Lipinski definition) is 4. The second kappa shape index (κ2) is 8.13. The van der Waals surface area contributed by atoms with Crippen LogP contribution in [0.4, 0.5) is 0 Å². The zero-order chi connectivity index (χ0) is 15.3. The molecule has 2 N–H and O–H groups in total. The van der Waals surface area contributed by atoms with Gasteiger partial charge in [-0.05, 0) is 5.56 Å². The van der Waals surface area contributed by atoms with Gasteiger partial charge in [0.1, 0.15) is 11.6 Å². The monoisotopic (exact) mass is 323 g/mol. The van der Waals surface area contributed by atoms with Gasteiger partial charge in [-0.2, -0.15) is 0 Å². The largest absolute Gasteiger partial charge is 0.468 e. The highest BCUT2D eigenvalue weighted by molar-refractivity contribution is 5.85. The highest BCUT2D eigenvalue weighted by atomic mass is 35.5. The van der Waals surface area contributed by atoms with Crippen molar-refractivity contribution in [2.45, 2.75) is 24.0 Å². The Labute approximate surface area is 137 Å². The average Bonchev–Trinajstić information content (AvgIpc) is 2.55. The summed E-state index contributed by atoms with van der Waals surface area (Å²) in [4.78, 5) is 11.5. The minimum absolute atomic E-state index is 0. The molecule has 0 saturated carbocycles. The molecule has 0 saturated heterocycles. The molecule has 5 heteroatoms. The molecular formula is C17H22ClNO3. The van der Waals surface area contributed by atoms with Crippen LogP contribution in [0.1, 0.15) is 17.9 Å². The fourth-order valence-corrected chi connectivity index (χ4v) is 2.48. The Kier molecular flexibility index (Phi) is 6.81. The summed E-state index contributed by atoms with van der Waals surface area (Å²) in [6.45, 7) is 0. The number of carbonyl (C=O) groups is 1. The van der Waals surface area contributed by atoms with E-state index in [1.54, 1.807) is 7.11 Å². The Balaban J connectivity index is 0.00000242. The molecule has 1 aromatic rings. The molecule has 1 atom stereocenters. The summed E-state index contributed by atoms with van der Waals surface area (Å²) in [7, 11) is 2.95. The van der Waals surface area contributed by atoms with Crippen LogP contribution in [0.3, 0.4) is 0 Å². The van der Waals surface area contributed by atoms with Crippen molar-refractivity contribution in [2.75, 3.05) is 14.2 Å². The third-order valence-corrected chi connectivity index (χ3v) is 3.78. The van der Waals surface area contributed by atoms with E-state index in [2.05, 4.69) is 29.0 Å². The molecule has 0 radical (unpaired) electrons. The lowest BCUT2D eigenvalue weighted by Gasteiger charge is -2.31. The van der Waals surface area contributed by atoms with E-state index in [9.17, 15) is 4.79 Å². The first kappa shape index (κ1) is 18.4. The molecule has 0 aliphatic heterocycles. The van der Waals surface area contributed by atoms with Crippen molar-refractivity contribution >= 4 is 18.4 Å². The molecule has 0 heterocycles. The van der Waals surface area contributed by atoms with E-state index in [1.807, 2.05) is 30.4 Å². The summed E-state index contributed by atoms with van der Waals surface area (Å²) in [5, 5.41) is 0. The van der Waals surface area contributed by atoms with E-state index in [4.69, 9.17) is 10.5 Å². The van der Waals surface area contributed by atoms with Gasteiger partial charge in [-0.15, -0.1) is 12.4 Å². The van der Waals surface area contributed by atoms with Gasteiger partial charge in [0.2, 0.25) is 0 Å². The van der Waals surface area contributed by atoms with Crippen LogP contribution in [-0.4, -0.2) is 31.8 Å². The number of nitrogens with two attached hydrogens (primary N) is 1. The molecule has 0 spiro atoms. The average molecular weight is 324 g/mol. The SMILES string of the molecule is COC(=O)[C@@H](N)CC1(OC)C=CC(c2ccccc2)C=C1.Cl. The topological polar surface area (TPSA) is 61.5 Å². The zero-order valence-corrected chi connectivity index (χ0v) is 13.6. The van der Waals surface area contributed by atoms with Crippen LogP contribution < -0.4 is 5.73 Å². The molecule has 1 aliphatic rings. The first-order valence-corrected chi connectivity index (χ1v) is 6.92. The van der Waals surface area contributed by atoms with Crippen LogP contribution in [0.25, 0.3) is 0 Å². The van der Waals surface area contributed by atoms with Gasteiger partial charge in [0.15, 0.2) is 0 Å². The van der Waals surface area contributed by atoms with E-state index in [0.717, 1.165) is 0 Å². The highest BCUT2D eigenvalue weighted by Gasteiger charge is 2.32. The fourth-order valence-electron chi connectivity index (χ4n) is 2.48. The lowest BCUT2D eigenvalue weighted by atomic mass is 9.85.